The van der Waals surface area contributed by atoms with Gasteiger partial charge in [-0.2, -0.15) is 0 Å². The van der Waals surface area contributed by atoms with E-state index in [1.807, 2.05) is 36.2 Å². The lowest BCUT2D eigenvalue weighted by molar-refractivity contribution is 0.0904. The average molecular weight is 367 g/mol. The number of carbonyl (C=O) groups excluding carboxylic acids is 1. The van der Waals surface area contributed by atoms with Crippen LogP contribution in [0.25, 0.3) is 0 Å². The summed E-state index contributed by atoms with van der Waals surface area (Å²) in [6, 6.07) is 7.72. The molecule has 1 amide bonds. The van der Waals surface area contributed by atoms with E-state index in [2.05, 4.69) is 36.1 Å². The lowest BCUT2D eigenvalue weighted by atomic mass is 9.71. The summed E-state index contributed by atoms with van der Waals surface area (Å²) < 4.78 is 0. The van der Waals surface area contributed by atoms with E-state index in [9.17, 15) is 4.79 Å². The number of hydrogen-bond donors (Lipinski definition) is 1. The molecule has 144 valence electrons. The van der Waals surface area contributed by atoms with Gasteiger partial charge in [0.1, 0.15) is 5.82 Å². The Morgan fingerprint density at radius 2 is 1.74 bits per heavy atom. The first-order chi connectivity index (χ1) is 12.9. The highest BCUT2D eigenvalue weighted by molar-refractivity contribution is 5.99. The maximum absolute atomic E-state index is 13.0. The van der Waals surface area contributed by atoms with E-state index in [0.29, 0.717) is 16.8 Å². The fraction of sp³-hybridized carbons (Fsp3) is 0.500. The molecule has 3 rings (SSSR count). The Hall–Kier alpha value is -2.43. The number of pyridine rings is 2. The van der Waals surface area contributed by atoms with Crippen molar-refractivity contribution in [3.05, 3.63) is 48.4 Å². The molecular weight excluding hydrogens is 336 g/mol. The molecule has 0 radical (unpaired) electrons. The van der Waals surface area contributed by atoms with E-state index in [0.717, 1.165) is 24.4 Å². The summed E-state index contributed by atoms with van der Waals surface area (Å²) in [6.07, 6.45) is 9.63. The van der Waals surface area contributed by atoms with Gasteiger partial charge >= 0.3 is 0 Å². The van der Waals surface area contributed by atoms with Crippen LogP contribution in [0.2, 0.25) is 0 Å². The number of rotatable bonds is 4. The highest BCUT2D eigenvalue weighted by Gasteiger charge is 2.30. The van der Waals surface area contributed by atoms with Crippen molar-refractivity contribution in [2.45, 2.75) is 52.5 Å². The molecule has 0 spiro atoms. The zero-order valence-electron chi connectivity index (χ0n) is 16.8. The van der Waals surface area contributed by atoms with Gasteiger partial charge in [-0.1, -0.05) is 20.8 Å². The lowest BCUT2D eigenvalue weighted by Crippen LogP contribution is -2.40. The van der Waals surface area contributed by atoms with Crippen LogP contribution in [0.1, 0.15) is 56.8 Å². The van der Waals surface area contributed by atoms with Gasteiger partial charge in [0.15, 0.2) is 0 Å². The van der Waals surface area contributed by atoms with Crippen molar-refractivity contribution in [3.8, 4) is 0 Å². The number of anilines is 2. The maximum atomic E-state index is 13.0. The molecule has 0 aromatic carbocycles. The Kier molecular flexibility index (Phi) is 5.78. The second kappa shape index (κ2) is 8.07. The van der Waals surface area contributed by atoms with Crippen LogP contribution in [0.5, 0.6) is 0 Å². The monoisotopic (exact) mass is 366 g/mol. The van der Waals surface area contributed by atoms with E-state index in [1.54, 1.807) is 18.6 Å². The molecule has 1 N–H and O–H groups in total. The third-order valence-corrected chi connectivity index (χ3v) is 5.69. The second-order valence-corrected chi connectivity index (χ2v) is 8.53. The summed E-state index contributed by atoms with van der Waals surface area (Å²) in [7, 11) is 1.92. The fourth-order valence-electron chi connectivity index (χ4n) is 3.90. The smallest absolute Gasteiger partial charge is 0.255 e. The van der Waals surface area contributed by atoms with Crippen molar-refractivity contribution in [1.82, 2.24) is 15.3 Å². The minimum absolute atomic E-state index is 0.0433. The van der Waals surface area contributed by atoms with Gasteiger partial charge in [0.05, 0.1) is 5.56 Å². The Morgan fingerprint density at radius 1 is 1.07 bits per heavy atom. The highest BCUT2D eigenvalue weighted by atomic mass is 16.1. The van der Waals surface area contributed by atoms with E-state index in [4.69, 9.17) is 0 Å². The number of nitrogens with one attached hydrogen (secondary N) is 1. The summed E-state index contributed by atoms with van der Waals surface area (Å²) >= 11 is 0. The lowest BCUT2D eigenvalue weighted by Gasteiger charge is -2.37. The minimum atomic E-state index is -0.0433. The number of carbonyl (C=O) groups is 1. The first-order valence-electron chi connectivity index (χ1n) is 9.76. The summed E-state index contributed by atoms with van der Waals surface area (Å²) in [5.41, 5.74) is 1.90. The van der Waals surface area contributed by atoms with Crippen molar-refractivity contribution >= 4 is 17.4 Å². The van der Waals surface area contributed by atoms with Gasteiger partial charge in [0.2, 0.25) is 0 Å². The van der Waals surface area contributed by atoms with Gasteiger partial charge in [0, 0.05) is 37.4 Å². The molecule has 1 fully saturated rings. The number of amides is 1. The molecular formula is C22H30N4O. The molecule has 0 unspecified atom stereocenters. The molecule has 0 saturated heterocycles. The minimum Gasteiger partial charge on any atom is -0.349 e. The number of aromatic nitrogens is 2. The molecule has 0 atom stereocenters. The number of hydrogen-bond acceptors (Lipinski definition) is 4. The molecule has 0 aliphatic heterocycles. The molecule has 1 saturated carbocycles. The van der Waals surface area contributed by atoms with Crippen LogP contribution in [0.15, 0.2) is 42.9 Å². The van der Waals surface area contributed by atoms with Gasteiger partial charge in [-0.05, 0) is 61.3 Å². The maximum Gasteiger partial charge on any atom is 0.255 e. The van der Waals surface area contributed by atoms with Crippen molar-refractivity contribution in [2.24, 2.45) is 11.3 Å². The van der Waals surface area contributed by atoms with Crippen LogP contribution in [0.3, 0.4) is 0 Å². The van der Waals surface area contributed by atoms with Crippen LogP contribution in [0, 0.1) is 11.3 Å². The van der Waals surface area contributed by atoms with Crippen molar-refractivity contribution in [2.75, 3.05) is 11.9 Å². The molecule has 0 bridgehead atoms. The molecule has 27 heavy (non-hydrogen) atoms. The number of nitrogens with zero attached hydrogens (tertiary/aromatic N) is 3. The molecule has 1 aliphatic rings. The van der Waals surface area contributed by atoms with E-state index in [1.165, 1.54) is 12.8 Å². The topological polar surface area (TPSA) is 58.1 Å². The molecule has 5 heteroatoms. The van der Waals surface area contributed by atoms with Gasteiger partial charge in [-0.3, -0.25) is 9.78 Å². The Balaban J connectivity index is 1.70. The van der Waals surface area contributed by atoms with Gasteiger partial charge in [-0.15, -0.1) is 0 Å². The van der Waals surface area contributed by atoms with Gasteiger partial charge in [0.25, 0.3) is 5.91 Å². The van der Waals surface area contributed by atoms with Crippen molar-refractivity contribution < 1.29 is 4.79 Å². The molecule has 2 aromatic rings. The van der Waals surface area contributed by atoms with Crippen LogP contribution in [-0.2, 0) is 0 Å². The average Bonchev–Trinajstić information content (AvgIpc) is 2.68. The Labute approximate surface area is 162 Å². The Bertz CT molecular complexity index is 761. The van der Waals surface area contributed by atoms with Crippen molar-refractivity contribution in [3.63, 3.8) is 0 Å². The Morgan fingerprint density at radius 3 is 2.37 bits per heavy atom. The quantitative estimate of drug-likeness (QED) is 0.860. The summed E-state index contributed by atoms with van der Waals surface area (Å²) in [6.45, 7) is 6.94. The van der Waals surface area contributed by atoms with Gasteiger partial charge in [-0.25, -0.2) is 4.98 Å². The SMILES string of the molecule is CN(c1ccncc1)c1ncccc1C(=O)N[C@H]1CC[C@@H](C(C)(C)C)CC1. The zero-order chi connectivity index (χ0) is 19.4. The van der Waals surface area contributed by atoms with E-state index >= 15 is 0 Å². The first kappa shape index (κ1) is 19.3. The van der Waals surface area contributed by atoms with Crippen molar-refractivity contribution in [1.29, 1.82) is 0 Å². The largest absolute Gasteiger partial charge is 0.349 e. The third kappa shape index (κ3) is 4.65. The molecule has 1 aliphatic carbocycles. The standard InChI is InChI=1S/C22H30N4O/c1-22(2,3)16-7-9-17(10-8-16)25-21(27)19-6-5-13-24-20(19)26(4)18-11-14-23-15-12-18/h5-6,11-17H,7-10H2,1-4H3,(H,25,27)/t16-,17+. The molecule has 2 aromatic heterocycles. The van der Waals surface area contributed by atoms with Crippen LogP contribution >= 0.6 is 0 Å². The first-order valence-corrected chi connectivity index (χ1v) is 9.76. The predicted molar refractivity (Wildman–Crippen MR) is 109 cm³/mol. The second-order valence-electron chi connectivity index (χ2n) is 8.53. The third-order valence-electron chi connectivity index (χ3n) is 5.69. The fourth-order valence-corrected chi connectivity index (χ4v) is 3.90. The molecule has 5 nitrogen and oxygen atoms in total. The van der Waals surface area contributed by atoms with Crippen LogP contribution in [0.4, 0.5) is 11.5 Å². The van der Waals surface area contributed by atoms with Crippen LogP contribution in [-0.4, -0.2) is 29.0 Å². The summed E-state index contributed by atoms with van der Waals surface area (Å²) in [5, 5.41) is 3.24. The molecule has 2 heterocycles. The van der Waals surface area contributed by atoms with Gasteiger partial charge < -0.3 is 10.2 Å². The van der Waals surface area contributed by atoms with E-state index in [-0.39, 0.29) is 11.9 Å². The van der Waals surface area contributed by atoms with E-state index < -0.39 is 0 Å². The summed E-state index contributed by atoms with van der Waals surface area (Å²) in [5.74, 6) is 1.35. The summed E-state index contributed by atoms with van der Waals surface area (Å²) in [4.78, 5) is 23.4. The normalized spacial score (nSPS) is 20.1. The van der Waals surface area contributed by atoms with Crippen LogP contribution < -0.4 is 10.2 Å². The highest BCUT2D eigenvalue weighted by Crippen LogP contribution is 2.37. The predicted octanol–water partition coefficient (Wildman–Crippen LogP) is 4.58. The zero-order valence-corrected chi connectivity index (χ0v) is 16.8.